The van der Waals surface area contributed by atoms with Gasteiger partial charge in [0.05, 0.1) is 5.03 Å². The van der Waals surface area contributed by atoms with Crippen LogP contribution < -0.4 is 0 Å². The first-order valence-electron chi connectivity index (χ1n) is 8.82. The minimum absolute atomic E-state index is 0.311. The molecule has 7 heteroatoms. The lowest BCUT2D eigenvalue weighted by Crippen LogP contribution is -2.27. The standard InChI is InChI=1S/C19H24N2O3S2/c22-26(23,24)15-16-5-6-17-7-11-21(12-8-18(17)14-16)10-3-13-25-19-4-1-2-9-20-19/h1-2,4-6,9,14H,3,7-8,10-13,15H2,(H,22,23,24). The molecule has 1 aliphatic rings. The molecular formula is C19H24N2O3S2. The largest absolute Gasteiger partial charge is 0.303 e. The van der Waals surface area contributed by atoms with Crippen molar-refractivity contribution < 1.29 is 13.0 Å². The topological polar surface area (TPSA) is 70.5 Å². The fraction of sp³-hybridized carbons (Fsp3) is 0.421. The Bertz CT molecular complexity index is 826. The van der Waals surface area contributed by atoms with Gasteiger partial charge in [-0.05, 0) is 54.6 Å². The van der Waals surface area contributed by atoms with Crippen molar-refractivity contribution in [2.75, 3.05) is 25.4 Å². The minimum Gasteiger partial charge on any atom is -0.303 e. The van der Waals surface area contributed by atoms with E-state index < -0.39 is 10.1 Å². The van der Waals surface area contributed by atoms with Crippen LogP contribution in [-0.4, -0.2) is 48.2 Å². The maximum absolute atomic E-state index is 11.1. The number of nitrogens with zero attached hydrogens (tertiary/aromatic N) is 2. The molecule has 1 aromatic carbocycles. The van der Waals surface area contributed by atoms with E-state index in [4.69, 9.17) is 4.55 Å². The van der Waals surface area contributed by atoms with Crippen LogP contribution in [0.5, 0.6) is 0 Å². The van der Waals surface area contributed by atoms with Gasteiger partial charge in [-0.2, -0.15) is 8.42 Å². The SMILES string of the molecule is O=S(=O)(O)Cc1ccc2c(c1)CCN(CCCSc1ccccn1)CC2. The summed E-state index contributed by atoms with van der Waals surface area (Å²) in [5, 5.41) is 1.07. The Kier molecular flexibility index (Phi) is 6.69. The Morgan fingerprint density at radius 2 is 1.92 bits per heavy atom. The van der Waals surface area contributed by atoms with E-state index in [1.54, 1.807) is 11.8 Å². The summed E-state index contributed by atoms with van der Waals surface area (Å²) < 4.78 is 31.2. The molecule has 1 N–H and O–H groups in total. The molecule has 0 aliphatic carbocycles. The Morgan fingerprint density at radius 3 is 2.65 bits per heavy atom. The lowest BCUT2D eigenvalue weighted by Gasteiger charge is -2.19. The first kappa shape index (κ1) is 19.4. The summed E-state index contributed by atoms with van der Waals surface area (Å²) in [7, 11) is -3.98. The van der Waals surface area contributed by atoms with Crippen LogP contribution in [0.15, 0.2) is 47.6 Å². The second-order valence-corrected chi connectivity index (χ2v) is 9.11. The summed E-state index contributed by atoms with van der Waals surface area (Å²) in [6.45, 7) is 3.07. The summed E-state index contributed by atoms with van der Waals surface area (Å²) in [6.07, 6.45) is 4.84. The molecule has 0 saturated carbocycles. The second kappa shape index (κ2) is 8.99. The van der Waals surface area contributed by atoms with Gasteiger partial charge in [0.1, 0.15) is 5.75 Å². The highest BCUT2D eigenvalue weighted by Gasteiger charge is 2.15. The van der Waals surface area contributed by atoms with E-state index >= 15 is 0 Å². The third kappa shape index (κ3) is 6.09. The zero-order valence-electron chi connectivity index (χ0n) is 14.7. The molecule has 1 aromatic heterocycles. The van der Waals surface area contributed by atoms with Gasteiger partial charge >= 0.3 is 0 Å². The molecule has 2 heterocycles. The molecule has 1 aliphatic heterocycles. The van der Waals surface area contributed by atoms with Gasteiger partial charge in [0.2, 0.25) is 0 Å². The van der Waals surface area contributed by atoms with Crippen LogP contribution in [0.25, 0.3) is 0 Å². The van der Waals surface area contributed by atoms with E-state index in [0.29, 0.717) is 5.56 Å². The van der Waals surface area contributed by atoms with Gasteiger partial charge in [-0.1, -0.05) is 24.3 Å². The van der Waals surface area contributed by atoms with Crippen LogP contribution in [-0.2, 0) is 28.7 Å². The second-order valence-electron chi connectivity index (χ2n) is 6.54. The zero-order valence-corrected chi connectivity index (χ0v) is 16.3. The van der Waals surface area contributed by atoms with Crippen LogP contribution in [0, 0.1) is 0 Å². The minimum atomic E-state index is -3.98. The average molecular weight is 393 g/mol. The Morgan fingerprint density at radius 1 is 1.12 bits per heavy atom. The number of thioether (sulfide) groups is 1. The highest BCUT2D eigenvalue weighted by Crippen LogP contribution is 2.20. The summed E-state index contributed by atoms with van der Waals surface area (Å²) >= 11 is 1.79. The van der Waals surface area contributed by atoms with Crippen LogP contribution in [0.4, 0.5) is 0 Å². The van der Waals surface area contributed by atoms with Crippen molar-refractivity contribution in [1.29, 1.82) is 0 Å². The molecule has 0 amide bonds. The number of aromatic nitrogens is 1. The molecule has 26 heavy (non-hydrogen) atoms. The van der Waals surface area contributed by atoms with Crippen molar-refractivity contribution in [3.63, 3.8) is 0 Å². The molecule has 0 spiro atoms. The summed E-state index contributed by atoms with van der Waals surface area (Å²) in [6, 6.07) is 11.7. The van der Waals surface area contributed by atoms with Crippen LogP contribution >= 0.6 is 11.8 Å². The van der Waals surface area contributed by atoms with Crippen molar-refractivity contribution >= 4 is 21.9 Å². The maximum atomic E-state index is 11.1. The number of fused-ring (bicyclic) bond motifs is 1. The summed E-state index contributed by atoms with van der Waals surface area (Å²) in [5.41, 5.74) is 3.15. The molecule has 0 fully saturated rings. The predicted octanol–water partition coefficient (Wildman–Crippen LogP) is 3.05. The third-order valence-corrected chi connectivity index (χ3v) is 6.25. The number of rotatable bonds is 7. The van der Waals surface area contributed by atoms with Crippen molar-refractivity contribution in [2.24, 2.45) is 0 Å². The molecule has 140 valence electrons. The van der Waals surface area contributed by atoms with E-state index in [1.807, 2.05) is 42.6 Å². The van der Waals surface area contributed by atoms with E-state index in [9.17, 15) is 8.42 Å². The molecule has 0 unspecified atom stereocenters. The molecule has 5 nitrogen and oxygen atoms in total. The monoisotopic (exact) mass is 392 g/mol. The van der Waals surface area contributed by atoms with Gasteiger partial charge in [0, 0.05) is 25.0 Å². The molecular weight excluding hydrogens is 368 g/mol. The third-order valence-electron chi connectivity index (χ3n) is 4.52. The van der Waals surface area contributed by atoms with E-state index in [0.717, 1.165) is 49.7 Å². The van der Waals surface area contributed by atoms with Gasteiger partial charge in [-0.15, -0.1) is 11.8 Å². The molecule has 0 bridgehead atoms. The van der Waals surface area contributed by atoms with Gasteiger partial charge in [-0.3, -0.25) is 4.55 Å². The Hall–Kier alpha value is -1.41. The van der Waals surface area contributed by atoms with Crippen molar-refractivity contribution in [3.8, 4) is 0 Å². The lowest BCUT2D eigenvalue weighted by atomic mass is 10.0. The van der Waals surface area contributed by atoms with E-state index in [-0.39, 0.29) is 5.75 Å². The van der Waals surface area contributed by atoms with Crippen molar-refractivity contribution in [3.05, 3.63) is 59.3 Å². The number of pyridine rings is 1. The normalized spacial score (nSPS) is 15.4. The van der Waals surface area contributed by atoms with Gasteiger partial charge in [0.15, 0.2) is 0 Å². The van der Waals surface area contributed by atoms with Gasteiger partial charge < -0.3 is 4.90 Å². The van der Waals surface area contributed by atoms with E-state index in [2.05, 4.69) is 9.88 Å². The smallest absolute Gasteiger partial charge is 0.269 e. The first-order valence-corrected chi connectivity index (χ1v) is 11.4. The zero-order chi connectivity index (χ0) is 18.4. The van der Waals surface area contributed by atoms with Crippen LogP contribution in [0.1, 0.15) is 23.1 Å². The first-order chi connectivity index (χ1) is 12.5. The Labute approximate surface area is 159 Å². The number of hydrogen-bond acceptors (Lipinski definition) is 5. The van der Waals surface area contributed by atoms with Crippen molar-refractivity contribution in [1.82, 2.24) is 9.88 Å². The highest BCUT2D eigenvalue weighted by molar-refractivity contribution is 7.99. The van der Waals surface area contributed by atoms with Crippen LogP contribution in [0.3, 0.4) is 0 Å². The fourth-order valence-corrected chi connectivity index (χ4v) is 4.64. The molecule has 2 aromatic rings. The summed E-state index contributed by atoms with van der Waals surface area (Å²) in [5.74, 6) is 0.744. The van der Waals surface area contributed by atoms with Crippen molar-refractivity contribution in [2.45, 2.75) is 30.0 Å². The van der Waals surface area contributed by atoms with Gasteiger partial charge in [0.25, 0.3) is 10.1 Å². The fourth-order valence-electron chi connectivity index (χ4n) is 3.25. The van der Waals surface area contributed by atoms with Gasteiger partial charge in [-0.25, -0.2) is 4.98 Å². The highest BCUT2D eigenvalue weighted by atomic mass is 32.2. The van der Waals surface area contributed by atoms with E-state index in [1.165, 1.54) is 11.1 Å². The Balaban J connectivity index is 1.48. The molecule has 0 radical (unpaired) electrons. The average Bonchev–Trinajstić information content (AvgIpc) is 2.80. The molecule has 3 rings (SSSR count). The molecule has 0 saturated heterocycles. The predicted molar refractivity (Wildman–Crippen MR) is 105 cm³/mol. The molecule has 0 atom stereocenters. The lowest BCUT2D eigenvalue weighted by molar-refractivity contribution is 0.289. The maximum Gasteiger partial charge on any atom is 0.269 e. The van der Waals surface area contributed by atoms with Crippen LogP contribution in [0.2, 0.25) is 0 Å². The summed E-state index contributed by atoms with van der Waals surface area (Å²) in [4.78, 5) is 6.80. The number of hydrogen-bond donors (Lipinski definition) is 1. The number of benzene rings is 1. The quantitative estimate of drug-likeness (QED) is 0.444.